The van der Waals surface area contributed by atoms with Crippen LogP contribution in [0.2, 0.25) is 0 Å². The van der Waals surface area contributed by atoms with Crippen LogP contribution in [-0.4, -0.2) is 12.0 Å². The van der Waals surface area contributed by atoms with E-state index in [2.05, 4.69) is 5.32 Å². The molecule has 1 atom stereocenters. The van der Waals surface area contributed by atoms with E-state index in [0.29, 0.717) is 11.4 Å². The molecule has 0 spiro atoms. The molecule has 0 saturated heterocycles. The van der Waals surface area contributed by atoms with Crippen molar-refractivity contribution in [1.82, 2.24) is 0 Å². The SMILES string of the molecule is COc1ccc([N+](=O)[O-])cc1NC1CCCc2occc21. The molecule has 1 N–H and O–H groups in total. The number of methoxy groups -OCH3 is 1. The molecule has 1 heterocycles. The van der Waals surface area contributed by atoms with Gasteiger partial charge in [-0.1, -0.05) is 0 Å². The van der Waals surface area contributed by atoms with Crippen LogP contribution in [0.1, 0.15) is 30.2 Å². The number of furan rings is 1. The number of benzene rings is 1. The fraction of sp³-hybridized carbons (Fsp3) is 0.333. The standard InChI is InChI=1S/C15H16N2O4/c1-20-15-6-5-10(17(18)19)9-13(15)16-12-3-2-4-14-11(12)7-8-21-14/h5-9,12,16H,2-4H2,1H3. The van der Waals surface area contributed by atoms with Crippen LogP contribution in [0.15, 0.2) is 34.9 Å². The first kappa shape index (κ1) is 13.5. The Labute approximate surface area is 121 Å². The van der Waals surface area contributed by atoms with Crippen molar-refractivity contribution in [2.24, 2.45) is 0 Å². The number of nitrogens with zero attached hydrogens (tertiary/aromatic N) is 1. The maximum absolute atomic E-state index is 10.9. The van der Waals surface area contributed by atoms with E-state index in [9.17, 15) is 10.1 Å². The van der Waals surface area contributed by atoms with E-state index in [4.69, 9.17) is 9.15 Å². The summed E-state index contributed by atoms with van der Waals surface area (Å²) >= 11 is 0. The Balaban J connectivity index is 1.91. The third-order valence-corrected chi connectivity index (χ3v) is 3.78. The van der Waals surface area contributed by atoms with Crippen molar-refractivity contribution in [3.63, 3.8) is 0 Å². The Morgan fingerprint density at radius 2 is 2.29 bits per heavy atom. The molecule has 1 unspecified atom stereocenters. The van der Waals surface area contributed by atoms with Crippen LogP contribution in [0.4, 0.5) is 11.4 Å². The quantitative estimate of drug-likeness (QED) is 0.685. The normalized spacial score (nSPS) is 17.1. The van der Waals surface area contributed by atoms with Gasteiger partial charge in [-0.3, -0.25) is 10.1 Å². The van der Waals surface area contributed by atoms with E-state index in [0.717, 1.165) is 30.6 Å². The molecule has 0 radical (unpaired) electrons. The second-order valence-corrected chi connectivity index (χ2v) is 5.03. The third kappa shape index (κ3) is 2.56. The van der Waals surface area contributed by atoms with Crippen LogP contribution >= 0.6 is 0 Å². The highest BCUT2D eigenvalue weighted by Crippen LogP contribution is 2.37. The second-order valence-electron chi connectivity index (χ2n) is 5.03. The van der Waals surface area contributed by atoms with Crippen LogP contribution in [-0.2, 0) is 6.42 Å². The molecule has 2 aromatic rings. The molecule has 21 heavy (non-hydrogen) atoms. The lowest BCUT2D eigenvalue weighted by atomic mass is 9.93. The number of nitro benzene ring substituents is 1. The monoisotopic (exact) mass is 288 g/mol. The summed E-state index contributed by atoms with van der Waals surface area (Å²) in [6, 6.07) is 6.60. The second kappa shape index (κ2) is 5.47. The average Bonchev–Trinajstić information content (AvgIpc) is 2.96. The first-order chi connectivity index (χ1) is 10.2. The van der Waals surface area contributed by atoms with Crippen molar-refractivity contribution in [3.05, 3.63) is 52.0 Å². The molecule has 6 heteroatoms. The first-order valence-electron chi connectivity index (χ1n) is 6.84. The summed E-state index contributed by atoms with van der Waals surface area (Å²) in [5.41, 5.74) is 1.79. The zero-order valence-corrected chi connectivity index (χ0v) is 11.7. The number of hydrogen-bond acceptors (Lipinski definition) is 5. The Morgan fingerprint density at radius 1 is 1.43 bits per heavy atom. The highest BCUT2D eigenvalue weighted by atomic mass is 16.6. The van der Waals surface area contributed by atoms with Crippen molar-refractivity contribution in [2.75, 3.05) is 12.4 Å². The van der Waals surface area contributed by atoms with Crippen LogP contribution in [0, 0.1) is 10.1 Å². The van der Waals surface area contributed by atoms with Gasteiger partial charge in [-0.25, -0.2) is 0 Å². The van der Waals surface area contributed by atoms with E-state index >= 15 is 0 Å². The van der Waals surface area contributed by atoms with Crippen LogP contribution in [0.25, 0.3) is 0 Å². The van der Waals surface area contributed by atoms with Gasteiger partial charge in [0.05, 0.1) is 30.0 Å². The highest BCUT2D eigenvalue weighted by molar-refractivity contribution is 5.62. The molecule has 0 aliphatic heterocycles. The lowest BCUT2D eigenvalue weighted by molar-refractivity contribution is -0.384. The van der Waals surface area contributed by atoms with Crippen molar-refractivity contribution >= 4 is 11.4 Å². The number of rotatable bonds is 4. The lowest BCUT2D eigenvalue weighted by Crippen LogP contribution is -2.16. The van der Waals surface area contributed by atoms with E-state index in [1.54, 1.807) is 19.4 Å². The van der Waals surface area contributed by atoms with Crippen molar-refractivity contribution in [3.8, 4) is 5.75 Å². The minimum absolute atomic E-state index is 0.0431. The first-order valence-corrected chi connectivity index (χ1v) is 6.84. The number of nitro groups is 1. The number of nitrogens with one attached hydrogen (secondary N) is 1. The summed E-state index contributed by atoms with van der Waals surface area (Å²) in [5.74, 6) is 1.58. The van der Waals surface area contributed by atoms with E-state index in [1.807, 2.05) is 6.07 Å². The van der Waals surface area contributed by atoms with Gasteiger partial charge < -0.3 is 14.5 Å². The molecule has 0 amide bonds. The number of aryl methyl sites for hydroxylation is 1. The zero-order chi connectivity index (χ0) is 14.8. The Hall–Kier alpha value is -2.50. The fourth-order valence-electron chi connectivity index (χ4n) is 2.75. The summed E-state index contributed by atoms with van der Waals surface area (Å²) in [7, 11) is 1.55. The summed E-state index contributed by atoms with van der Waals surface area (Å²) in [5, 5.41) is 14.3. The molecule has 6 nitrogen and oxygen atoms in total. The number of anilines is 1. The fourth-order valence-corrected chi connectivity index (χ4v) is 2.75. The number of hydrogen-bond donors (Lipinski definition) is 1. The lowest BCUT2D eigenvalue weighted by Gasteiger charge is -2.24. The van der Waals surface area contributed by atoms with Gasteiger partial charge in [0.25, 0.3) is 5.69 Å². The minimum Gasteiger partial charge on any atom is -0.495 e. The molecular formula is C15H16N2O4. The molecule has 1 aromatic carbocycles. The predicted molar refractivity (Wildman–Crippen MR) is 77.7 cm³/mol. The topological polar surface area (TPSA) is 77.5 Å². The molecule has 0 bridgehead atoms. The molecule has 110 valence electrons. The van der Waals surface area contributed by atoms with Gasteiger partial charge in [0, 0.05) is 24.1 Å². The number of ether oxygens (including phenoxy) is 1. The van der Waals surface area contributed by atoms with E-state index in [1.165, 1.54) is 12.1 Å². The molecule has 3 rings (SSSR count). The van der Waals surface area contributed by atoms with Crippen LogP contribution in [0.3, 0.4) is 0 Å². The smallest absolute Gasteiger partial charge is 0.271 e. The molecule has 0 saturated carbocycles. The van der Waals surface area contributed by atoms with Crippen LogP contribution in [0.5, 0.6) is 5.75 Å². The van der Waals surface area contributed by atoms with Crippen LogP contribution < -0.4 is 10.1 Å². The predicted octanol–water partition coefficient (Wildman–Crippen LogP) is 3.69. The van der Waals surface area contributed by atoms with Gasteiger partial charge >= 0.3 is 0 Å². The van der Waals surface area contributed by atoms with E-state index in [-0.39, 0.29) is 11.7 Å². The van der Waals surface area contributed by atoms with Gasteiger partial charge in [0.15, 0.2) is 0 Å². The van der Waals surface area contributed by atoms with Gasteiger partial charge in [0.2, 0.25) is 0 Å². The maximum atomic E-state index is 10.9. The maximum Gasteiger partial charge on any atom is 0.271 e. The third-order valence-electron chi connectivity index (χ3n) is 3.78. The summed E-state index contributed by atoms with van der Waals surface area (Å²) in [6.07, 6.45) is 4.61. The Bertz CT molecular complexity index is 665. The van der Waals surface area contributed by atoms with Gasteiger partial charge in [-0.15, -0.1) is 0 Å². The summed E-state index contributed by atoms with van der Waals surface area (Å²) in [6.45, 7) is 0. The van der Waals surface area contributed by atoms with E-state index < -0.39 is 4.92 Å². The van der Waals surface area contributed by atoms with Gasteiger partial charge in [-0.05, 0) is 25.0 Å². The molecule has 1 aliphatic rings. The molecular weight excluding hydrogens is 272 g/mol. The van der Waals surface area contributed by atoms with Gasteiger partial charge in [-0.2, -0.15) is 0 Å². The number of fused-ring (bicyclic) bond motifs is 1. The highest BCUT2D eigenvalue weighted by Gasteiger charge is 2.24. The number of non-ortho nitro benzene ring substituents is 1. The molecule has 1 aliphatic carbocycles. The molecule has 1 aromatic heterocycles. The average molecular weight is 288 g/mol. The van der Waals surface area contributed by atoms with Gasteiger partial charge in [0.1, 0.15) is 11.5 Å². The minimum atomic E-state index is -0.408. The zero-order valence-electron chi connectivity index (χ0n) is 11.7. The summed E-state index contributed by atoms with van der Waals surface area (Å²) in [4.78, 5) is 10.5. The van der Waals surface area contributed by atoms with Crippen molar-refractivity contribution in [2.45, 2.75) is 25.3 Å². The Kier molecular flexibility index (Phi) is 3.51. The Morgan fingerprint density at radius 3 is 3.05 bits per heavy atom. The van der Waals surface area contributed by atoms with Crippen molar-refractivity contribution in [1.29, 1.82) is 0 Å². The largest absolute Gasteiger partial charge is 0.495 e. The van der Waals surface area contributed by atoms with Crippen molar-refractivity contribution < 1.29 is 14.1 Å². The molecule has 0 fully saturated rings. The summed E-state index contributed by atoms with van der Waals surface area (Å²) < 4.78 is 10.7.